The molecule has 1 N–H and O–H groups in total. The third kappa shape index (κ3) is 4.51. The van der Waals surface area contributed by atoms with E-state index in [4.69, 9.17) is 0 Å². The van der Waals surface area contributed by atoms with E-state index in [2.05, 4.69) is 5.32 Å². The van der Waals surface area contributed by atoms with Crippen molar-refractivity contribution in [3.8, 4) is 0 Å². The van der Waals surface area contributed by atoms with Gasteiger partial charge in [-0.05, 0) is 45.7 Å². The molecule has 0 spiro atoms. The van der Waals surface area contributed by atoms with Crippen LogP contribution in [0.5, 0.6) is 0 Å². The van der Waals surface area contributed by atoms with E-state index in [0.717, 1.165) is 22.3 Å². The van der Waals surface area contributed by atoms with E-state index >= 15 is 0 Å². The number of hydrogen-bond acceptors (Lipinski definition) is 2. The first kappa shape index (κ1) is 15.4. The van der Waals surface area contributed by atoms with E-state index < -0.39 is 0 Å². The Morgan fingerprint density at radius 3 is 2.05 bits per heavy atom. The average molecular weight is 261 g/mol. The molecule has 0 heterocycles. The van der Waals surface area contributed by atoms with Crippen LogP contribution in [0.3, 0.4) is 0 Å². The molecule has 0 atom stereocenters. The third-order valence-corrected chi connectivity index (χ3v) is 2.98. The highest BCUT2D eigenvalue weighted by Gasteiger charge is 2.14. The zero-order valence-corrected chi connectivity index (χ0v) is 12.5. The number of Topliss-reactive ketones (excluding diaryl/α,β-unsaturated/α-hetero) is 1. The number of carbonyl (C=O) groups excluding carboxylic acids is 2. The Hall–Kier alpha value is -1.64. The molecule has 1 amide bonds. The van der Waals surface area contributed by atoms with Gasteiger partial charge in [0.2, 0.25) is 5.91 Å². The Kier molecular flexibility index (Phi) is 5.28. The predicted molar refractivity (Wildman–Crippen MR) is 77.5 cm³/mol. The number of aryl methyl sites for hydroxylation is 3. The lowest BCUT2D eigenvalue weighted by molar-refractivity contribution is -0.121. The SMILES string of the molecule is Cc1cc(C)c(C(=O)CCC(=O)NC(C)C)c(C)c1. The van der Waals surface area contributed by atoms with Gasteiger partial charge in [0.15, 0.2) is 5.78 Å². The van der Waals surface area contributed by atoms with Crippen molar-refractivity contribution >= 4 is 11.7 Å². The molecule has 0 aliphatic heterocycles. The summed E-state index contributed by atoms with van der Waals surface area (Å²) in [6.45, 7) is 9.73. The number of benzene rings is 1. The van der Waals surface area contributed by atoms with Gasteiger partial charge in [0.25, 0.3) is 0 Å². The van der Waals surface area contributed by atoms with Gasteiger partial charge in [-0.2, -0.15) is 0 Å². The van der Waals surface area contributed by atoms with E-state index in [1.165, 1.54) is 0 Å². The number of hydrogen-bond donors (Lipinski definition) is 1. The van der Waals surface area contributed by atoms with Gasteiger partial charge in [-0.3, -0.25) is 9.59 Å². The van der Waals surface area contributed by atoms with E-state index in [9.17, 15) is 9.59 Å². The summed E-state index contributed by atoms with van der Waals surface area (Å²) in [5, 5.41) is 2.80. The van der Waals surface area contributed by atoms with Crippen molar-refractivity contribution in [1.82, 2.24) is 5.32 Å². The van der Waals surface area contributed by atoms with E-state index in [1.807, 2.05) is 46.8 Å². The summed E-state index contributed by atoms with van der Waals surface area (Å²) in [5.41, 5.74) is 3.91. The molecule has 0 aliphatic carbocycles. The second kappa shape index (κ2) is 6.50. The molecule has 3 nitrogen and oxygen atoms in total. The summed E-state index contributed by atoms with van der Waals surface area (Å²) in [7, 11) is 0. The highest BCUT2D eigenvalue weighted by atomic mass is 16.2. The van der Waals surface area contributed by atoms with Crippen molar-refractivity contribution in [2.24, 2.45) is 0 Å². The molecule has 1 aromatic carbocycles. The monoisotopic (exact) mass is 261 g/mol. The van der Waals surface area contributed by atoms with Gasteiger partial charge in [-0.1, -0.05) is 17.7 Å². The fourth-order valence-corrected chi connectivity index (χ4v) is 2.37. The van der Waals surface area contributed by atoms with Crippen molar-refractivity contribution in [3.05, 3.63) is 34.4 Å². The lowest BCUT2D eigenvalue weighted by Crippen LogP contribution is -2.30. The summed E-state index contributed by atoms with van der Waals surface area (Å²) >= 11 is 0. The lowest BCUT2D eigenvalue weighted by Gasteiger charge is -2.11. The minimum absolute atomic E-state index is 0.0499. The van der Waals surface area contributed by atoms with Crippen LogP contribution in [-0.4, -0.2) is 17.7 Å². The standard InChI is InChI=1S/C16H23NO2/c1-10(2)17-15(19)7-6-14(18)16-12(4)8-11(3)9-13(16)5/h8-10H,6-7H2,1-5H3,(H,17,19). The molecule has 0 saturated carbocycles. The molecular formula is C16H23NO2. The molecule has 104 valence electrons. The normalized spacial score (nSPS) is 10.6. The second-order valence-corrected chi connectivity index (χ2v) is 5.42. The Balaban J connectivity index is 2.72. The van der Waals surface area contributed by atoms with Crippen LogP contribution in [0.4, 0.5) is 0 Å². The fraction of sp³-hybridized carbons (Fsp3) is 0.500. The summed E-state index contributed by atoms with van der Waals surface area (Å²) in [5.74, 6) is -0.0142. The van der Waals surface area contributed by atoms with Gasteiger partial charge in [0, 0.05) is 24.4 Å². The van der Waals surface area contributed by atoms with Gasteiger partial charge in [-0.15, -0.1) is 0 Å². The van der Waals surface area contributed by atoms with Crippen LogP contribution in [0.1, 0.15) is 53.7 Å². The largest absolute Gasteiger partial charge is 0.354 e. The first-order valence-electron chi connectivity index (χ1n) is 6.71. The van der Waals surface area contributed by atoms with Gasteiger partial charge in [-0.25, -0.2) is 0 Å². The van der Waals surface area contributed by atoms with Crippen molar-refractivity contribution in [2.75, 3.05) is 0 Å². The quantitative estimate of drug-likeness (QED) is 0.828. The topological polar surface area (TPSA) is 46.2 Å². The minimum Gasteiger partial charge on any atom is -0.354 e. The maximum absolute atomic E-state index is 12.2. The molecule has 0 aliphatic rings. The highest BCUT2D eigenvalue weighted by Crippen LogP contribution is 2.18. The van der Waals surface area contributed by atoms with Crippen LogP contribution in [0.2, 0.25) is 0 Å². The van der Waals surface area contributed by atoms with Gasteiger partial charge in [0.1, 0.15) is 0 Å². The molecule has 0 unspecified atom stereocenters. The average Bonchev–Trinajstić information content (AvgIpc) is 2.23. The summed E-state index contributed by atoms with van der Waals surface area (Å²) < 4.78 is 0. The van der Waals surface area contributed by atoms with Crippen molar-refractivity contribution in [3.63, 3.8) is 0 Å². The molecule has 19 heavy (non-hydrogen) atoms. The van der Waals surface area contributed by atoms with Crippen LogP contribution in [0, 0.1) is 20.8 Å². The number of amides is 1. The molecule has 0 radical (unpaired) electrons. The first-order valence-corrected chi connectivity index (χ1v) is 6.71. The van der Waals surface area contributed by atoms with Crippen LogP contribution < -0.4 is 5.32 Å². The number of carbonyl (C=O) groups is 2. The number of rotatable bonds is 5. The van der Waals surface area contributed by atoms with E-state index in [0.29, 0.717) is 0 Å². The van der Waals surface area contributed by atoms with Crippen LogP contribution in [0.15, 0.2) is 12.1 Å². The van der Waals surface area contributed by atoms with E-state index in [1.54, 1.807) is 0 Å². The van der Waals surface area contributed by atoms with Crippen molar-refractivity contribution in [1.29, 1.82) is 0 Å². The Bertz CT molecular complexity index is 467. The molecule has 0 fully saturated rings. The fourth-order valence-electron chi connectivity index (χ4n) is 2.37. The predicted octanol–water partition coefficient (Wildman–Crippen LogP) is 3.10. The summed E-state index contributed by atoms with van der Waals surface area (Å²) in [6, 6.07) is 4.13. The second-order valence-electron chi connectivity index (χ2n) is 5.42. The maximum Gasteiger partial charge on any atom is 0.220 e. The number of nitrogens with one attached hydrogen (secondary N) is 1. The Morgan fingerprint density at radius 2 is 1.58 bits per heavy atom. The maximum atomic E-state index is 12.2. The smallest absolute Gasteiger partial charge is 0.220 e. The van der Waals surface area contributed by atoms with E-state index in [-0.39, 0.29) is 30.6 Å². The summed E-state index contributed by atoms with van der Waals surface area (Å²) in [4.78, 5) is 23.8. The number of ketones is 1. The molecule has 0 saturated heterocycles. The first-order chi connectivity index (χ1) is 8.81. The molecule has 1 aromatic rings. The zero-order valence-electron chi connectivity index (χ0n) is 12.5. The molecule has 3 heteroatoms. The molecule has 0 aromatic heterocycles. The zero-order chi connectivity index (χ0) is 14.6. The van der Waals surface area contributed by atoms with Crippen LogP contribution >= 0.6 is 0 Å². The van der Waals surface area contributed by atoms with Gasteiger partial charge in [0.05, 0.1) is 0 Å². The summed E-state index contributed by atoms with van der Waals surface area (Å²) in [6.07, 6.45) is 0.521. The lowest BCUT2D eigenvalue weighted by atomic mass is 9.94. The Morgan fingerprint density at radius 1 is 1.05 bits per heavy atom. The third-order valence-electron chi connectivity index (χ3n) is 2.98. The van der Waals surface area contributed by atoms with Crippen LogP contribution in [-0.2, 0) is 4.79 Å². The highest BCUT2D eigenvalue weighted by molar-refractivity contribution is 6.00. The molecule has 1 rings (SSSR count). The van der Waals surface area contributed by atoms with Crippen LogP contribution in [0.25, 0.3) is 0 Å². The van der Waals surface area contributed by atoms with Gasteiger partial charge < -0.3 is 5.32 Å². The van der Waals surface area contributed by atoms with Crippen molar-refractivity contribution in [2.45, 2.75) is 53.5 Å². The van der Waals surface area contributed by atoms with Gasteiger partial charge >= 0.3 is 0 Å². The minimum atomic E-state index is -0.0641. The molecule has 0 bridgehead atoms. The van der Waals surface area contributed by atoms with Crippen molar-refractivity contribution < 1.29 is 9.59 Å². The Labute approximate surface area is 115 Å². The molecular weight excluding hydrogens is 238 g/mol.